The number of phenolic OH excluding ortho intramolecular Hbond substituents is 3. The van der Waals surface area contributed by atoms with Gasteiger partial charge in [-0.25, -0.2) is 4.98 Å². The number of nitrogens with one attached hydrogen (secondary N) is 1. The van der Waals surface area contributed by atoms with Gasteiger partial charge in [-0.3, -0.25) is 9.59 Å². The summed E-state index contributed by atoms with van der Waals surface area (Å²) in [6.45, 7) is 1.38. The molecule has 26 heavy (non-hydrogen) atoms. The van der Waals surface area contributed by atoms with Crippen LogP contribution >= 0.6 is 11.6 Å². The summed E-state index contributed by atoms with van der Waals surface area (Å²) < 4.78 is 4.66. The number of hydrogen-bond donors (Lipinski definition) is 5. The van der Waals surface area contributed by atoms with Crippen molar-refractivity contribution in [1.29, 1.82) is 0 Å². The number of aromatic hydroxyl groups is 4. The van der Waals surface area contributed by atoms with Crippen molar-refractivity contribution in [1.82, 2.24) is 10.3 Å². The topological polar surface area (TPSA) is 149 Å². The SMILES string of the molecule is CCOC(=O)CNC(=O)c1ncc(-c2c(O)cc(O)c(Cl)c2O)cc1O. The first kappa shape index (κ1) is 19.1. The lowest BCUT2D eigenvalue weighted by molar-refractivity contribution is -0.141. The van der Waals surface area contributed by atoms with Gasteiger partial charge in [0.05, 0.1) is 12.2 Å². The number of carbonyl (C=O) groups excluding carboxylic acids is 2. The summed E-state index contributed by atoms with van der Waals surface area (Å²) in [5.41, 5.74) is -0.516. The number of ether oxygens (including phenoxy) is 1. The van der Waals surface area contributed by atoms with E-state index in [1.807, 2.05) is 0 Å². The van der Waals surface area contributed by atoms with Crippen LogP contribution in [0.15, 0.2) is 18.3 Å². The van der Waals surface area contributed by atoms with Gasteiger partial charge in [0, 0.05) is 17.8 Å². The molecule has 1 aromatic carbocycles. The van der Waals surface area contributed by atoms with E-state index in [9.17, 15) is 30.0 Å². The molecule has 0 saturated carbocycles. The third-order valence-electron chi connectivity index (χ3n) is 3.27. The number of benzene rings is 1. The zero-order valence-corrected chi connectivity index (χ0v) is 14.2. The van der Waals surface area contributed by atoms with Crippen LogP contribution < -0.4 is 5.32 Å². The molecule has 1 aromatic heterocycles. The summed E-state index contributed by atoms with van der Waals surface area (Å²) in [5, 5.41) is 41.2. The number of nitrogens with zero attached hydrogens (tertiary/aromatic N) is 1. The molecule has 1 amide bonds. The van der Waals surface area contributed by atoms with Crippen LogP contribution in [-0.2, 0) is 9.53 Å². The highest BCUT2D eigenvalue weighted by Crippen LogP contribution is 2.46. The number of amides is 1. The number of phenols is 3. The molecule has 0 radical (unpaired) electrons. The average Bonchev–Trinajstić information content (AvgIpc) is 2.58. The van der Waals surface area contributed by atoms with E-state index in [4.69, 9.17) is 11.6 Å². The van der Waals surface area contributed by atoms with E-state index in [2.05, 4.69) is 15.0 Å². The number of aromatic nitrogens is 1. The quantitative estimate of drug-likeness (QED) is 0.488. The second-order valence-corrected chi connectivity index (χ2v) is 5.41. The molecule has 2 rings (SSSR count). The van der Waals surface area contributed by atoms with Crippen LogP contribution in [0.25, 0.3) is 11.1 Å². The van der Waals surface area contributed by atoms with Gasteiger partial charge in [-0.2, -0.15) is 0 Å². The molecule has 0 saturated heterocycles. The molecule has 2 aromatic rings. The summed E-state index contributed by atoms with van der Waals surface area (Å²) in [7, 11) is 0. The maximum Gasteiger partial charge on any atom is 0.325 e. The fraction of sp³-hybridized carbons (Fsp3) is 0.188. The predicted octanol–water partition coefficient (Wildman–Crippen LogP) is 1.52. The molecule has 1 heterocycles. The minimum atomic E-state index is -0.820. The van der Waals surface area contributed by atoms with Crippen LogP contribution in [0.3, 0.4) is 0 Å². The summed E-state index contributed by atoms with van der Waals surface area (Å²) >= 11 is 5.72. The third kappa shape index (κ3) is 3.89. The lowest BCUT2D eigenvalue weighted by Crippen LogP contribution is -2.31. The summed E-state index contributed by atoms with van der Waals surface area (Å²) in [5.74, 6) is -3.69. The van der Waals surface area contributed by atoms with Gasteiger partial charge in [0.15, 0.2) is 5.69 Å². The van der Waals surface area contributed by atoms with Crippen LogP contribution in [0.2, 0.25) is 5.02 Å². The lowest BCUT2D eigenvalue weighted by atomic mass is 10.0. The van der Waals surface area contributed by atoms with Gasteiger partial charge in [-0.05, 0) is 13.0 Å². The molecule has 0 unspecified atom stereocenters. The highest BCUT2D eigenvalue weighted by atomic mass is 35.5. The first-order chi connectivity index (χ1) is 12.3. The highest BCUT2D eigenvalue weighted by molar-refractivity contribution is 6.34. The van der Waals surface area contributed by atoms with Crippen molar-refractivity contribution in [3.63, 3.8) is 0 Å². The van der Waals surface area contributed by atoms with Crippen molar-refractivity contribution in [2.75, 3.05) is 13.2 Å². The van der Waals surface area contributed by atoms with Crippen LogP contribution in [-0.4, -0.2) is 50.4 Å². The Morgan fingerprint density at radius 1 is 1.15 bits per heavy atom. The molecule has 9 nitrogen and oxygen atoms in total. The molecule has 0 fully saturated rings. The van der Waals surface area contributed by atoms with Gasteiger partial charge in [-0.15, -0.1) is 0 Å². The van der Waals surface area contributed by atoms with Gasteiger partial charge < -0.3 is 30.5 Å². The molecule has 0 aliphatic rings. The molecule has 5 N–H and O–H groups in total. The number of halogens is 1. The highest BCUT2D eigenvalue weighted by Gasteiger charge is 2.21. The molecule has 10 heteroatoms. The van der Waals surface area contributed by atoms with Gasteiger partial charge >= 0.3 is 5.97 Å². The molecule has 0 atom stereocenters. The van der Waals surface area contributed by atoms with Crippen molar-refractivity contribution in [2.45, 2.75) is 6.92 Å². The minimum absolute atomic E-state index is 0.0429. The zero-order valence-electron chi connectivity index (χ0n) is 13.5. The summed E-state index contributed by atoms with van der Waals surface area (Å²) in [4.78, 5) is 27.0. The lowest BCUT2D eigenvalue weighted by Gasteiger charge is -2.11. The molecular weight excluding hydrogens is 368 g/mol. The van der Waals surface area contributed by atoms with Gasteiger partial charge in [0.25, 0.3) is 5.91 Å². The molecular formula is C16H15ClN2O7. The van der Waals surface area contributed by atoms with Crippen molar-refractivity contribution in [3.05, 3.63) is 29.0 Å². The molecule has 138 valence electrons. The van der Waals surface area contributed by atoms with Crippen LogP contribution in [0.5, 0.6) is 23.0 Å². The van der Waals surface area contributed by atoms with Crippen LogP contribution in [0.1, 0.15) is 17.4 Å². The number of esters is 1. The average molecular weight is 383 g/mol. The van der Waals surface area contributed by atoms with E-state index in [1.165, 1.54) is 0 Å². The first-order valence-corrected chi connectivity index (χ1v) is 7.70. The Balaban J connectivity index is 2.29. The maximum absolute atomic E-state index is 12.0. The minimum Gasteiger partial charge on any atom is -0.507 e. The van der Waals surface area contributed by atoms with Crippen molar-refractivity contribution in [2.24, 2.45) is 0 Å². The number of hydrogen-bond acceptors (Lipinski definition) is 8. The summed E-state index contributed by atoms with van der Waals surface area (Å²) in [6, 6.07) is 1.98. The largest absolute Gasteiger partial charge is 0.507 e. The van der Waals surface area contributed by atoms with E-state index >= 15 is 0 Å². The standard InChI is InChI=1S/C16H15ClN2O7/c1-2-26-11(23)6-19-16(25)14-10(22)3-7(5-18-14)12-8(20)4-9(21)13(17)15(12)24/h3-5,20-22,24H,2,6H2,1H3,(H,19,25). The smallest absolute Gasteiger partial charge is 0.325 e. The normalized spacial score (nSPS) is 10.4. The van der Waals surface area contributed by atoms with Crippen molar-refractivity contribution < 1.29 is 34.8 Å². The molecule has 0 bridgehead atoms. The van der Waals surface area contributed by atoms with Crippen LogP contribution in [0, 0.1) is 0 Å². The second-order valence-electron chi connectivity index (χ2n) is 5.03. The Kier molecular flexibility index (Phi) is 5.73. The van der Waals surface area contributed by atoms with E-state index in [-0.39, 0.29) is 23.4 Å². The second kappa shape index (κ2) is 7.79. The Morgan fingerprint density at radius 2 is 1.85 bits per heavy atom. The maximum atomic E-state index is 12.0. The zero-order chi connectivity index (χ0) is 19.4. The van der Waals surface area contributed by atoms with E-state index < -0.39 is 46.4 Å². The van der Waals surface area contributed by atoms with Crippen molar-refractivity contribution >= 4 is 23.5 Å². The van der Waals surface area contributed by atoms with E-state index in [1.54, 1.807) is 6.92 Å². The Bertz CT molecular complexity index is 870. The Hall–Kier alpha value is -3.20. The number of rotatable bonds is 5. The molecule has 0 aliphatic carbocycles. The Morgan fingerprint density at radius 3 is 2.46 bits per heavy atom. The third-order valence-corrected chi connectivity index (χ3v) is 3.64. The first-order valence-electron chi connectivity index (χ1n) is 7.32. The van der Waals surface area contributed by atoms with Gasteiger partial charge in [-0.1, -0.05) is 11.6 Å². The summed E-state index contributed by atoms with van der Waals surface area (Å²) in [6.07, 6.45) is 1.10. The van der Waals surface area contributed by atoms with E-state index in [0.29, 0.717) is 0 Å². The molecule has 0 spiro atoms. The van der Waals surface area contributed by atoms with E-state index in [0.717, 1.165) is 18.3 Å². The monoisotopic (exact) mass is 382 g/mol. The number of pyridine rings is 1. The van der Waals surface area contributed by atoms with Crippen molar-refractivity contribution in [3.8, 4) is 34.1 Å². The van der Waals surface area contributed by atoms with Crippen LogP contribution in [0.4, 0.5) is 0 Å². The fourth-order valence-corrected chi connectivity index (χ4v) is 2.26. The number of carbonyl (C=O) groups is 2. The van der Waals surface area contributed by atoms with Gasteiger partial charge in [0.1, 0.15) is 34.6 Å². The predicted molar refractivity (Wildman–Crippen MR) is 90.3 cm³/mol. The molecule has 0 aliphatic heterocycles. The Labute approximate surface area is 152 Å². The fourth-order valence-electron chi connectivity index (χ4n) is 2.12. The van der Waals surface area contributed by atoms with Gasteiger partial charge in [0.2, 0.25) is 0 Å².